The first-order valence-electron chi connectivity index (χ1n) is 12.0. The Morgan fingerprint density at radius 2 is 1.25 bits per heavy atom. The summed E-state index contributed by atoms with van der Waals surface area (Å²) in [4.78, 5) is 29.0. The van der Waals surface area contributed by atoms with Gasteiger partial charge < -0.3 is 10.2 Å². The molecule has 0 saturated carbocycles. The number of aryl methyl sites for hydroxylation is 1. The van der Waals surface area contributed by atoms with Crippen molar-refractivity contribution in [3.8, 4) is 0 Å². The Kier molecular flexibility index (Phi) is 8.90. The van der Waals surface area contributed by atoms with E-state index in [1.54, 1.807) is 17.0 Å². The molecule has 0 heterocycles. The van der Waals surface area contributed by atoms with E-state index in [2.05, 4.69) is 5.32 Å². The van der Waals surface area contributed by atoms with Crippen LogP contribution in [0.25, 0.3) is 0 Å². The molecule has 1 atom stereocenters. The summed E-state index contributed by atoms with van der Waals surface area (Å²) in [7, 11) is 0. The monoisotopic (exact) mass is 496 g/mol. The predicted molar refractivity (Wildman–Crippen MR) is 144 cm³/mol. The van der Waals surface area contributed by atoms with Crippen LogP contribution in [0.2, 0.25) is 5.02 Å². The van der Waals surface area contributed by atoms with Gasteiger partial charge in [-0.1, -0.05) is 115 Å². The molecular weight excluding hydrogens is 468 g/mol. The molecule has 0 saturated heterocycles. The molecule has 1 N–H and O–H groups in total. The van der Waals surface area contributed by atoms with E-state index in [4.69, 9.17) is 11.6 Å². The lowest BCUT2D eigenvalue weighted by molar-refractivity contribution is -0.141. The lowest BCUT2D eigenvalue weighted by Gasteiger charge is -2.32. The molecule has 0 unspecified atom stereocenters. The van der Waals surface area contributed by atoms with E-state index in [0.29, 0.717) is 31.0 Å². The molecule has 0 bridgehead atoms. The molecular formula is C31H29ClN2O2. The van der Waals surface area contributed by atoms with Gasteiger partial charge in [-0.2, -0.15) is 0 Å². The van der Waals surface area contributed by atoms with Gasteiger partial charge in [-0.05, 0) is 40.8 Å². The number of benzene rings is 4. The standard InChI is InChI=1S/C31H29ClN2O2/c32-28-19-16-26(17-20-28)23-34(29(35)21-18-24-10-4-1-5-11-24)30(27-14-8-3-9-15-27)31(36)33-22-25-12-6-2-7-13-25/h1-17,19-20,30H,18,21-23H2,(H,33,36)/t30-/m0/s1. The number of carbonyl (C=O) groups is 2. The third-order valence-corrected chi connectivity index (χ3v) is 6.29. The first-order valence-corrected chi connectivity index (χ1v) is 12.4. The van der Waals surface area contributed by atoms with Crippen LogP contribution in [0.4, 0.5) is 0 Å². The minimum Gasteiger partial charge on any atom is -0.350 e. The molecule has 4 aromatic rings. The van der Waals surface area contributed by atoms with E-state index in [1.807, 2.05) is 103 Å². The summed E-state index contributed by atoms with van der Waals surface area (Å²) >= 11 is 6.09. The van der Waals surface area contributed by atoms with Crippen LogP contribution in [-0.4, -0.2) is 16.7 Å². The summed E-state index contributed by atoms with van der Waals surface area (Å²) in [6, 6.07) is 35.8. The van der Waals surface area contributed by atoms with Crippen molar-refractivity contribution in [2.45, 2.75) is 32.0 Å². The van der Waals surface area contributed by atoms with Crippen molar-refractivity contribution in [1.29, 1.82) is 0 Å². The maximum absolute atomic E-state index is 13.7. The van der Waals surface area contributed by atoms with Crippen LogP contribution in [0.5, 0.6) is 0 Å². The molecule has 0 spiro atoms. The highest BCUT2D eigenvalue weighted by atomic mass is 35.5. The number of hydrogen-bond acceptors (Lipinski definition) is 2. The predicted octanol–water partition coefficient (Wildman–Crippen LogP) is 6.36. The van der Waals surface area contributed by atoms with Gasteiger partial charge >= 0.3 is 0 Å². The van der Waals surface area contributed by atoms with Crippen LogP contribution in [0.15, 0.2) is 115 Å². The minimum absolute atomic E-state index is 0.0856. The number of nitrogens with zero attached hydrogens (tertiary/aromatic N) is 1. The second-order valence-electron chi connectivity index (χ2n) is 8.65. The lowest BCUT2D eigenvalue weighted by atomic mass is 10.0. The van der Waals surface area contributed by atoms with Crippen molar-refractivity contribution in [1.82, 2.24) is 10.2 Å². The number of nitrogens with one attached hydrogen (secondary N) is 1. The molecule has 0 aliphatic rings. The fourth-order valence-electron chi connectivity index (χ4n) is 4.14. The fourth-order valence-corrected chi connectivity index (χ4v) is 4.27. The second-order valence-corrected chi connectivity index (χ2v) is 9.09. The Morgan fingerprint density at radius 1 is 0.694 bits per heavy atom. The molecule has 0 fully saturated rings. The lowest BCUT2D eigenvalue weighted by Crippen LogP contribution is -2.43. The van der Waals surface area contributed by atoms with Crippen LogP contribution in [-0.2, 0) is 29.1 Å². The molecule has 5 heteroatoms. The summed E-state index contributed by atoms with van der Waals surface area (Å²) < 4.78 is 0. The molecule has 0 aromatic heterocycles. The van der Waals surface area contributed by atoms with Gasteiger partial charge in [0, 0.05) is 24.5 Å². The molecule has 0 radical (unpaired) electrons. The molecule has 36 heavy (non-hydrogen) atoms. The normalized spacial score (nSPS) is 11.5. The van der Waals surface area contributed by atoms with Crippen LogP contribution in [0.3, 0.4) is 0 Å². The van der Waals surface area contributed by atoms with Crippen molar-refractivity contribution in [2.75, 3.05) is 0 Å². The van der Waals surface area contributed by atoms with Crippen molar-refractivity contribution in [3.63, 3.8) is 0 Å². The largest absolute Gasteiger partial charge is 0.350 e. The van der Waals surface area contributed by atoms with Crippen LogP contribution in [0, 0.1) is 0 Å². The molecule has 182 valence electrons. The molecule has 4 aromatic carbocycles. The van der Waals surface area contributed by atoms with Crippen LogP contribution >= 0.6 is 11.6 Å². The SMILES string of the molecule is O=C(NCc1ccccc1)[C@H](c1ccccc1)N(Cc1ccc(Cl)cc1)C(=O)CCc1ccccc1. The third-order valence-electron chi connectivity index (χ3n) is 6.04. The summed E-state index contributed by atoms with van der Waals surface area (Å²) in [6.45, 7) is 0.680. The van der Waals surface area contributed by atoms with E-state index >= 15 is 0 Å². The van der Waals surface area contributed by atoms with Gasteiger partial charge in [-0.3, -0.25) is 9.59 Å². The molecule has 0 aliphatic heterocycles. The van der Waals surface area contributed by atoms with Gasteiger partial charge in [0.2, 0.25) is 11.8 Å². The molecule has 2 amide bonds. The average Bonchev–Trinajstić information content (AvgIpc) is 2.93. The van der Waals surface area contributed by atoms with E-state index < -0.39 is 6.04 Å². The van der Waals surface area contributed by atoms with E-state index in [1.165, 1.54) is 0 Å². The fraction of sp³-hybridized carbons (Fsp3) is 0.161. The Hall–Kier alpha value is -3.89. The Morgan fingerprint density at radius 3 is 1.86 bits per heavy atom. The van der Waals surface area contributed by atoms with Gasteiger partial charge in [0.25, 0.3) is 0 Å². The summed E-state index contributed by atoms with van der Waals surface area (Å²) in [6.07, 6.45) is 0.900. The van der Waals surface area contributed by atoms with E-state index in [-0.39, 0.29) is 11.8 Å². The quantitative estimate of drug-likeness (QED) is 0.278. The van der Waals surface area contributed by atoms with E-state index in [0.717, 1.165) is 22.3 Å². The molecule has 4 nitrogen and oxygen atoms in total. The summed E-state index contributed by atoms with van der Waals surface area (Å²) in [5, 5.41) is 3.67. The first kappa shape index (κ1) is 25.2. The van der Waals surface area contributed by atoms with Gasteiger partial charge in [-0.25, -0.2) is 0 Å². The summed E-state index contributed by atoms with van der Waals surface area (Å²) in [5.74, 6) is -0.301. The van der Waals surface area contributed by atoms with Gasteiger partial charge in [0.15, 0.2) is 0 Å². The average molecular weight is 497 g/mol. The van der Waals surface area contributed by atoms with Crippen molar-refractivity contribution in [3.05, 3.63) is 143 Å². The zero-order chi connectivity index (χ0) is 25.2. The highest BCUT2D eigenvalue weighted by Gasteiger charge is 2.31. The van der Waals surface area contributed by atoms with Crippen molar-refractivity contribution >= 4 is 23.4 Å². The smallest absolute Gasteiger partial charge is 0.247 e. The maximum Gasteiger partial charge on any atom is 0.247 e. The number of carbonyl (C=O) groups excluding carboxylic acids is 2. The van der Waals surface area contributed by atoms with Crippen molar-refractivity contribution in [2.24, 2.45) is 0 Å². The van der Waals surface area contributed by atoms with Gasteiger partial charge in [0.05, 0.1) is 0 Å². The number of amides is 2. The minimum atomic E-state index is -0.770. The second kappa shape index (κ2) is 12.7. The van der Waals surface area contributed by atoms with E-state index in [9.17, 15) is 9.59 Å². The maximum atomic E-state index is 13.7. The Labute approximate surface area is 217 Å². The molecule has 4 rings (SSSR count). The topological polar surface area (TPSA) is 49.4 Å². The zero-order valence-electron chi connectivity index (χ0n) is 20.0. The van der Waals surface area contributed by atoms with Gasteiger partial charge in [0.1, 0.15) is 6.04 Å². The van der Waals surface area contributed by atoms with Crippen LogP contribution < -0.4 is 5.32 Å². The first-order chi connectivity index (χ1) is 17.6. The number of hydrogen-bond donors (Lipinski definition) is 1. The third kappa shape index (κ3) is 7.06. The number of halogens is 1. The van der Waals surface area contributed by atoms with Crippen LogP contribution in [0.1, 0.15) is 34.7 Å². The van der Waals surface area contributed by atoms with Crippen molar-refractivity contribution < 1.29 is 9.59 Å². The number of rotatable bonds is 10. The highest BCUT2D eigenvalue weighted by molar-refractivity contribution is 6.30. The Bertz CT molecular complexity index is 1250. The zero-order valence-corrected chi connectivity index (χ0v) is 20.8. The van der Waals surface area contributed by atoms with Gasteiger partial charge in [-0.15, -0.1) is 0 Å². The molecule has 0 aliphatic carbocycles. The Balaban J connectivity index is 1.62. The summed E-state index contributed by atoms with van der Waals surface area (Å²) in [5.41, 5.74) is 3.76. The highest BCUT2D eigenvalue weighted by Crippen LogP contribution is 2.26.